The van der Waals surface area contributed by atoms with E-state index in [9.17, 15) is 4.79 Å². The molecule has 3 heteroatoms. The minimum atomic E-state index is -0.495. The van der Waals surface area contributed by atoms with Crippen LogP contribution in [0.2, 0.25) is 0 Å². The highest BCUT2D eigenvalue weighted by atomic mass is 16.5. The first-order valence-corrected chi connectivity index (χ1v) is 2.02. The van der Waals surface area contributed by atoms with Crippen molar-refractivity contribution >= 4 is 5.97 Å². The maximum absolute atomic E-state index is 10.2. The molecule has 0 radical (unpaired) electrons. The Balaban J connectivity index is 0. The van der Waals surface area contributed by atoms with Crippen molar-refractivity contribution in [3.63, 3.8) is 0 Å². The molecule has 7 heavy (non-hydrogen) atoms. The van der Waals surface area contributed by atoms with E-state index >= 15 is 0 Å². The molecule has 0 saturated carbocycles. The van der Waals surface area contributed by atoms with E-state index < -0.39 is 6.04 Å². The van der Waals surface area contributed by atoms with Gasteiger partial charge in [-0.2, -0.15) is 0 Å². The molecular weight excluding hydrogens is 94.0 g/mol. The molecule has 0 unspecified atom stereocenters. The lowest BCUT2D eigenvalue weighted by Gasteiger charge is -1.98. The van der Waals surface area contributed by atoms with Crippen LogP contribution in [-0.2, 0) is 9.53 Å². The van der Waals surface area contributed by atoms with Gasteiger partial charge in [0.15, 0.2) is 0 Å². The van der Waals surface area contributed by atoms with Crippen LogP contribution in [-0.4, -0.2) is 19.1 Å². The zero-order valence-corrected chi connectivity index (χ0v) is 4.47. The Kier molecular flexibility index (Phi) is 2.37. The number of hydrogen-bond donors (Lipinski definition) is 1. The van der Waals surface area contributed by atoms with Crippen molar-refractivity contribution in [1.29, 1.82) is 0 Å². The Morgan fingerprint density at radius 1 is 2.00 bits per heavy atom. The van der Waals surface area contributed by atoms with Gasteiger partial charge >= 0.3 is 5.97 Å². The SMILES string of the molecule is COC(=O)[C@H](C)N.[HH]. The molecule has 0 aromatic rings. The highest BCUT2D eigenvalue weighted by Gasteiger charge is 2.03. The Bertz CT molecular complexity index is 74.4. The average molecular weight is 105 g/mol. The lowest BCUT2D eigenvalue weighted by molar-refractivity contribution is -0.141. The third-order valence-electron chi connectivity index (χ3n) is 0.573. The van der Waals surface area contributed by atoms with E-state index in [1.807, 2.05) is 0 Å². The number of hydrogen-bond acceptors (Lipinski definition) is 3. The summed E-state index contributed by atoms with van der Waals surface area (Å²) < 4.78 is 4.25. The molecule has 0 aromatic carbocycles. The number of methoxy groups -OCH3 is 1. The number of nitrogens with two attached hydrogens (primary N) is 1. The summed E-state index contributed by atoms with van der Waals surface area (Å²) in [6.45, 7) is 1.58. The van der Waals surface area contributed by atoms with Crippen LogP contribution in [0.15, 0.2) is 0 Å². The van der Waals surface area contributed by atoms with E-state index in [-0.39, 0.29) is 7.40 Å². The van der Waals surface area contributed by atoms with Gasteiger partial charge in [0, 0.05) is 1.43 Å². The summed E-state index contributed by atoms with van der Waals surface area (Å²) in [4.78, 5) is 10.2. The summed E-state index contributed by atoms with van der Waals surface area (Å²) in [5.74, 6) is -0.375. The topological polar surface area (TPSA) is 52.3 Å². The molecule has 0 spiro atoms. The van der Waals surface area contributed by atoms with Gasteiger partial charge < -0.3 is 10.5 Å². The molecule has 0 aliphatic carbocycles. The minimum absolute atomic E-state index is 0. The van der Waals surface area contributed by atoms with Crippen LogP contribution >= 0.6 is 0 Å². The fourth-order valence-electron chi connectivity index (χ4n) is 0.186. The zero-order valence-electron chi connectivity index (χ0n) is 4.47. The van der Waals surface area contributed by atoms with Crippen molar-refractivity contribution < 1.29 is 11.0 Å². The molecule has 0 saturated heterocycles. The second-order valence-corrected chi connectivity index (χ2v) is 1.31. The summed E-state index contributed by atoms with van der Waals surface area (Å²) >= 11 is 0. The molecule has 1 atom stereocenters. The number of ether oxygens (including phenoxy) is 1. The van der Waals surface area contributed by atoms with Crippen molar-refractivity contribution in [2.24, 2.45) is 5.73 Å². The molecule has 0 heterocycles. The summed E-state index contributed by atoms with van der Waals surface area (Å²) in [5.41, 5.74) is 5.07. The van der Waals surface area contributed by atoms with Crippen LogP contribution in [0.4, 0.5) is 0 Å². The van der Waals surface area contributed by atoms with E-state index in [0.717, 1.165) is 0 Å². The molecule has 0 bridgehead atoms. The molecular formula is C4H11NO2. The van der Waals surface area contributed by atoms with E-state index in [1.54, 1.807) is 6.92 Å². The largest absolute Gasteiger partial charge is 0.468 e. The molecule has 0 amide bonds. The molecule has 3 nitrogen and oxygen atoms in total. The van der Waals surface area contributed by atoms with Crippen LogP contribution in [0, 0.1) is 0 Å². The Hall–Kier alpha value is -0.570. The number of rotatable bonds is 1. The predicted molar refractivity (Wildman–Crippen MR) is 27.8 cm³/mol. The van der Waals surface area contributed by atoms with Gasteiger partial charge in [-0.25, -0.2) is 0 Å². The first-order chi connectivity index (χ1) is 3.18. The second kappa shape index (κ2) is 2.58. The van der Waals surface area contributed by atoms with Crippen LogP contribution < -0.4 is 5.73 Å². The fraction of sp³-hybridized carbons (Fsp3) is 0.750. The van der Waals surface area contributed by atoms with E-state index in [2.05, 4.69) is 4.74 Å². The lowest BCUT2D eigenvalue weighted by atomic mass is 10.4. The molecule has 0 fully saturated rings. The Morgan fingerprint density at radius 3 is 2.43 bits per heavy atom. The first-order valence-electron chi connectivity index (χ1n) is 2.02. The molecule has 0 aromatic heterocycles. The van der Waals surface area contributed by atoms with Gasteiger partial charge in [-0.3, -0.25) is 4.79 Å². The minimum Gasteiger partial charge on any atom is -0.468 e. The number of carbonyl (C=O) groups is 1. The number of esters is 1. The average Bonchev–Trinajstić information content (AvgIpc) is 1.65. The van der Waals surface area contributed by atoms with Crippen molar-refractivity contribution in [3.8, 4) is 0 Å². The lowest BCUT2D eigenvalue weighted by Crippen LogP contribution is -2.27. The monoisotopic (exact) mass is 105 g/mol. The standard InChI is InChI=1S/C4H9NO2.H2/c1-3(5)4(6)7-2;/h3H,5H2,1-2H3;1H/t3-;/m0./s1. The van der Waals surface area contributed by atoms with Crippen molar-refractivity contribution in [1.82, 2.24) is 0 Å². The van der Waals surface area contributed by atoms with Crippen LogP contribution in [0.5, 0.6) is 0 Å². The maximum atomic E-state index is 10.2. The van der Waals surface area contributed by atoms with Gasteiger partial charge in [0.2, 0.25) is 0 Å². The van der Waals surface area contributed by atoms with Crippen LogP contribution in [0.1, 0.15) is 8.35 Å². The molecule has 2 N–H and O–H groups in total. The van der Waals surface area contributed by atoms with E-state index in [4.69, 9.17) is 5.73 Å². The van der Waals surface area contributed by atoms with Gasteiger partial charge in [0.05, 0.1) is 7.11 Å². The fourth-order valence-corrected chi connectivity index (χ4v) is 0.186. The summed E-state index contributed by atoms with van der Waals surface area (Å²) in [6, 6.07) is -0.495. The second-order valence-electron chi connectivity index (χ2n) is 1.31. The molecule has 44 valence electrons. The third-order valence-corrected chi connectivity index (χ3v) is 0.573. The molecule has 0 rings (SSSR count). The van der Waals surface area contributed by atoms with Crippen molar-refractivity contribution in [2.75, 3.05) is 7.11 Å². The summed E-state index contributed by atoms with van der Waals surface area (Å²) in [7, 11) is 1.31. The van der Waals surface area contributed by atoms with Gasteiger partial charge in [-0.05, 0) is 6.92 Å². The Labute approximate surface area is 43.9 Å². The van der Waals surface area contributed by atoms with E-state index in [0.29, 0.717) is 0 Å². The predicted octanol–water partition coefficient (Wildman–Crippen LogP) is -0.247. The molecule has 0 aliphatic rings. The van der Waals surface area contributed by atoms with Crippen LogP contribution in [0.3, 0.4) is 0 Å². The van der Waals surface area contributed by atoms with Gasteiger partial charge in [-0.15, -0.1) is 0 Å². The van der Waals surface area contributed by atoms with Crippen molar-refractivity contribution in [3.05, 3.63) is 0 Å². The summed E-state index contributed by atoms with van der Waals surface area (Å²) in [5, 5.41) is 0. The third kappa shape index (κ3) is 2.17. The Morgan fingerprint density at radius 2 is 2.43 bits per heavy atom. The van der Waals surface area contributed by atoms with E-state index in [1.165, 1.54) is 7.11 Å². The summed E-state index contributed by atoms with van der Waals surface area (Å²) in [6.07, 6.45) is 0. The van der Waals surface area contributed by atoms with Gasteiger partial charge in [-0.1, -0.05) is 0 Å². The number of carbonyl (C=O) groups excluding carboxylic acids is 1. The normalized spacial score (nSPS) is 13.0. The van der Waals surface area contributed by atoms with Crippen molar-refractivity contribution in [2.45, 2.75) is 13.0 Å². The smallest absolute Gasteiger partial charge is 0.322 e. The quantitative estimate of drug-likeness (QED) is 0.468. The van der Waals surface area contributed by atoms with Gasteiger partial charge in [0.1, 0.15) is 6.04 Å². The molecule has 0 aliphatic heterocycles. The zero-order chi connectivity index (χ0) is 5.86. The highest BCUT2D eigenvalue weighted by molar-refractivity contribution is 5.74. The van der Waals surface area contributed by atoms with Gasteiger partial charge in [0.25, 0.3) is 0 Å². The first kappa shape index (κ1) is 6.43. The highest BCUT2D eigenvalue weighted by Crippen LogP contribution is 1.76. The van der Waals surface area contributed by atoms with Crippen LogP contribution in [0.25, 0.3) is 0 Å². The maximum Gasteiger partial charge on any atom is 0.322 e.